The number of thiazole rings is 1. The van der Waals surface area contributed by atoms with Gasteiger partial charge in [-0.1, -0.05) is 12.1 Å². The smallest absolute Gasteiger partial charge is 0.338 e. The van der Waals surface area contributed by atoms with Crippen LogP contribution in [0.5, 0.6) is 0 Å². The van der Waals surface area contributed by atoms with Gasteiger partial charge in [-0.05, 0) is 13.0 Å². The predicted molar refractivity (Wildman–Crippen MR) is 119 cm³/mol. The second-order valence-corrected chi connectivity index (χ2v) is 8.05. The zero-order valence-electron chi connectivity index (χ0n) is 17.5. The number of para-hydroxylation sites is 1. The molecule has 0 amide bonds. The fraction of sp³-hybridized carbons (Fsp3) is 0.381. The second kappa shape index (κ2) is 9.98. The first-order chi connectivity index (χ1) is 15.6. The van der Waals surface area contributed by atoms with Crippen LogP contribution in [0.1, 0.15) is 23.5 Å². The molecule has 0 bridgehead atoms. The van der Waals surface area contributed by atoms with Crippen LogP contribution in [0.4, 0.5) is 5.69 Å². The molecule has 3 heterocycles. The number of amidine groups is 1. The molecule has 2 aliphatic rings. The minimum Gasteiger partial charge on any atom is -0.463 e. The molecule has 0 spiro atoms. The number of morpholine rings is 1. The predicted octanol–water partition coefficient (Wildman–Crippen LogP) is 2.29. The molecular formula is C21H23N5O5S. The molecule has 1 aromatic carbocycles. The van der Waals surface area contributed by atoms with Crippen molar-refractivity contribution in [2.45, 2.75) is 13.0 Å². The van der Waals surface area contributed by atoms with Gasteiger partial charge in [-0.15, -0.1) is 11.3 Å². The lowest BCUT2D eigenvalue weighted by Crippen LogP contribution is -2.43. The van der Waals surface area contributed by atoms with Crippen LogP contribution in [0, 0.1) is 10.1 Å². The number of esters is 1. The molecule has 0 radical (unpaired) electrons. The van der Waals surface area contributed by atoms with Crippen molar-refractivity contribution in [1.82, 2.24) is 15.2 Å². The number of aromatic nitrogens is 1. The molecule has 32 heavy (non-hydrogen) atoms. The van der Waals surface area contributed by atoms with Crippen LogP contribution in [-0.4, -0.2) is 66.1 Å². The van der Waals surface area contributed by atoms with Crippen LogP contribution in [0.15, 0.2) is 52.1 Å². The van der Waals surface area contributed by atoms with E-state index in [1.165, 1.54) is 17.4 Å². The molecule has 11 heteroatoms. The summed E-state index contributed by atoms with van der Waals surface area (Å²) in [6.07, 6.45) is 1.66. The number of carbonyl (C=O) groups excluding carboxylic acids is 1. The Morgan fingerprint density at radius 3 is 2.84 bits per heavy atom. The van der Waals surface area contributed by atoms with Crippen LogP contribution < -0.4 is 5.32 Å². The van der Waals surface area contributed by atoms with Crippen molar-refractivity contribution in [3.8, 4) is 0 Å². The summed E-state index contributed by atoms with van der Waals surface area (Å²) in [6, 6.07) is 5.44. The summed E-state index contributed by atoms with van der Waals surface area (Å²) in [5, 5.41) is 17.5. The van der Waals surface area contributed by atoms with Crippen molar-refractivity contribution in [3.63, 3.8) is 0 Å². The number of benzene rings is 1. The summed E-state index contributed by atoms with van der Waals surface area (Å²) < 4.78 is 10.8. The van der Waals surface area contributed by atoms with E-state index in [0.717, 1.165) is 0 Å². The Bertz CT molecular complexity index is 1050. The molecule has 10 nitrogen and oxygen atoms in total. The van der Waals surface area contributed by atoms with Gasteiger partial charge in [-0.2, -0.15) is 0 Å². The van der Waals surface area contributed by atoms with Gasteiger partial charge >= 0.3 is 5.97 Å². The molecule has 1 N–H and O–H groups in total. The Morgan fingerprint density at radius 2 is 2.16 bits per heavy atom. The minimum absolute atomic E-state index is 0.103. The molecule has 1 saturated heterocycles. The third-order valence-corrected chi connectivity index (χ3v) is 5.95. The number of nitro groups is 1. The number of hydrogen-bond acceptors (Lipinski definition) is 10. The number of nitro benzene ring substituents is 1. The molecule has 2 aromatic rings. The Labute approximate surface area is 188 Å². The fourth-order valence-corrected chi connectivity index (χ4v) is 4.30. The Hall–Kier alpha value is -3.15. The van der Waals surface area contributed by atoms with Crippen LogP contribution in [0.25, 0.3) is 0 Å². The quantitative estimate of drug-likeness (QED) is 0.382. The summed E-state index contributed by atoms with van der Waals surface area (Å²) >= 11 is 1.39. The summed E-state index contributed by atoms with van der Waals surface area (Å²) in [6.45, 7) is 4.95. The van der Waals surface area contributed by atoms with E-state index in [-0.39, 0.29) is 17.9 Å². The molecule has 4 rings (SSSR count). The first-order valence-corrected chi connectivity index (χ1v) is 11.1. The highest BCUT2D eigenvalue weighted by Gasteiger charge is 2.36. The van der Waals surface area contributed by atoms with E-state index in [1.807, 2.05) is 5.38 Å². The highest BCUT2D eigenvalue weighted by Crippen LogP contribution is 2.37. The lowest BCUT2D eigenvalue weighted by molar-refractivity contribution is -0.385. The number of rotatable bonds is 7. The van der Waals surface area contributed by atoms with Crippen molar-refractivity contribution in [3.05, 3.63) is 67.8 Å². The highest BCUT2D eigenvalue weighted by molar-refractivity contribution is 7.11. The summed E-state index contributed by atoms with van der Waals surface area (Å²) in [5.41, 5.74) is 1.10. The second-order valence-electron chi connectivity index (χ2n) is 7.16. The molecule has 1 atom stereocenters. The number of ether oxygens (including phenoxy) is 2. The molecular weight excluding hydrogens is 434 g/mol. The van der Waals surface area contributed by atoms with Crippen molar-refractivity contribution in [1.29, 1.82) is 0 Å². The van der Waals surface area contributed by atoms with Crippen molar-refractivity contribution >= 4 is 28.8 Å². The first-order valence-electron chi connectivity index (χ1n) is 10.3. The van der Waals surface area contributed by atoms with Crippen molar-refractivity contribution < 1.29 is 19.2 Å². The SMILES string of the molecule is CCOC(=O)C1=C(CN2CCOCC2)NC(c2nccs2)=NC1c1ccccc1[N+](=O)[O-]. The van der Waals surface area contributed by atoms with Gasteiger partial charge < -0.3 is 14.8 Å². The molecule has 2 aliphatic heterocycles. The first kappa shape index (κ1) is 22.1. The van der Waals surface area contributed by atoms with Crippen molar-refractivity contribution in [2.75, 3.05) is 39.5 Å². The topological polar surface area (TPSA) is 119 Å². The number of hydrogen-bond donors (Lipinski definition) is 1. The number of nitrogens with one attached hydrogen (secondary N) is 1. The molecule has 0 aliphatic carbocycles. The van der Waals surface area contributed by atoms with Gasteiger partial charge in [-0.3, -0.25) is 20.0 Å². The largest absolute Gasteiger partial charge is 0.463 e. The van der Waals surface area contributed by atoms with E-state index < -0.39 is 16.9 Å². The minimum atomic E-state index is -0.896. The maximum absolute atomic E-state index is 13.1. The van der Waals surface area contributed by atoms with Gasteiger partial charge in [0, 0.05) is 43.0 Å². The van der Waals surface area contributed by atoms with Gasteiger partial charge in [0.15, 0.2) is 10.8 Å². The van der Waals surface area contributed by atoms with Gasteiger partial charge in [0.05, 0.1) is 35.9 Å². The average Bonchev–Trinajstić information content (AvgIpc) is 3.34. The van der Waals surface area contributed by atoms with Gasteiger partial charge in [0.2, 0.25) is 0 Å². The maximum atomic E-state index is 13.1. The lowest BCUT2D eigenvalue weighted by Gasteiger charge is -2.32. The number of aliphatic imine (C=N–C) groups is 1. The van der Waals surface area contributed by atoms with E-state index in [2.05, 4.69) is 15.2 Å². The zero-order chi connectivity index (χ0) is 22.5. The molecule has 168 valence electrons. The zero-order valence-corrected chi connectivity index (χ0v) is 18.3. The lowest BCUT2D eigenvalue weighted by atomic mass is 9.94. The summed E-state index contributed by atoms with van der Waals surface area (Å²) in [4.78, 5) is 35.6. The van der Waals surface area contributed by atoms with E-state index in [1.54, 1.807) is 31.3 Å². The van der Waals surface area contributed by atoms with Crippen LogP contribution in [0.2, 0.25) is 0 Å². The van der Waals surface area contributed by atoms with Crippen molar-refractivity contribution in [2.24, 2.45) is 4.99 Å². The van der Waals surface area contributed by atoms with Gasteiger partial charge in [0.25, 0.3) is 5.69 Å². The van der Waals surface area contributed by atoms with E-state index in [4.69, 9.17) is 14.5 Å². The molecule has 0 saturated carbocycles. The Balaban J connectivity index is 1.84. The van der Waals surface area contributed by atoms with Gasteiger partial charge in [0.1, 0.15) is 6.04 Å². The van der Waals surface area contributed by atoms with Crippen LogP contribution in [0.3, 0.4) is 0 Å². The molecule has 1 fully saturated rings. The molecule has 1 aromatic heterocycles. The Morgan fingerprint density at radius 1 is 1.38 bits per heavy atom. The monoisotopic (exact) mass is 457 g/mol. The summed E-state index contributed by atoms with van der Waals surface area (Å²) in [7, 11) is 0. The van der Waals surface area contributed by atoms with Gasteiger partial charge in [-0.25, -0.2) is 9.78 Å². The average molecular weight is 458 g/mol. The summed E-state index contributed by atoms with van der Waals surface area (Å²) in [5.74, 6) is -0.0761. The number of carbonyl (C=O) groups is 1. The maximum Gasteiger partial charge on any atom is 0.338 e. The normalized spacial score (nSPS) is 19.3. The third-order valence-electron chi connectivity index (χ3n) is 5.17. The van der Waals surface area contributed by atoms with E-state index in [9.17, 15) is 14.9 Å². The fourth-order valence-electron chi connectivity index (χ4n) is 3.71. The third kappa shape index (κ3) is 4.69. The van der Waals surface area contributed by atoms with E-state index >= 15 is 0 Å². The van der Waals surface area contributed by atoms with Crippen LogP contribution >= 0.6 is 11.3 Å². The highest BCUT2D eigenvalue weighted by atomic mass is 32.1. The molecule has 1 unspecified atom stereocenters. The number of nitrogens with zero attached hydrogens (tertiary/aromatic N) is 4. The van der Waals surface area contributed by atoms with E-state index in [0.29, 0.717) is 55.0 Å². The van der Waals surface area contributed by atoms with Crippen LogP contribution in [-0.2, 0) is 14.3 Å². The standard InChI is InChI=1S/C21H23N5O5S/c1-2-31-21(27)17-15(13-25-8-10-30-11-9-25)23-19(20-22-7-12-32-20)24-18(17)14-5-3-4-6-16(14)26(28)29/h3-7,12,18H,2,8-11,13H2,1H3,(H,23,24). The Kier molecular flexibility index (Phi) is 6.88.